The Balaban J connectivity index is 1.88. The molecule has 1 saturated heterocycles. The van der Waals surface area contributed by atoms with Gasteiger partial charge in [0, 0.05) is 30.4 Å². The summed E-state index contributed by atoms with van der Waals surface area (Å²) in [5, 5.41) is 4.70. The first kappa shape index (κ1) is 13.4. The maximum absolute atomic E-state index is 4.63. The fraction of sp³-hybridized carbons (Fsp3) is 0.471. The predicted molar refractivity (Wildman–Crippen MR) is 85.3 cm³/mol. The molecule has 106 valence electrons. The fourth-order valence-electron chi connectivity index (χ4n) is 3.15. The molecule has 3 rings (SSSR count). The zero-order chi connectivity index (χ0) is 13.9. The molecule has 0 atom stereocenters. The summed E-state index contributed by atoms with van der Waals surface area (Å²) in [6, 6.07) is 10.6. The number of piperidine rings is 1. The lowest BCUT2D eigenvalue weighted by Gasteiger charge is -2.29. The second-order valence-corrected chi connectivity index (χ2v) is 5.87. The maximum atomic E-state index is 4.63. The van der Waals surface area contributed by atoms with E-state index in [1.165, 1.54) is 23.9 Å². The van der Waals surface area contributed by atoms with Crippen LogP contribution in [0.2, 0.25) is 0 Å². The molecule has 0 bridgehead atoms. The number of fused-ring (bicyclic) bond motifs is 1. The summed E-state index contributed by atoms with van der Waals surface area (Å²) >= 11 is 0. The van der Waals surface area contributed by atoms with E-state index in [1.54, 1.807) is 0 Å². The zero-order valence-corrected chi connectivity index (χ0v) is 12.4. The number of aromatic nitrogens is 1. The molecule has 2 heterocycles. The van der Waals surface area contributed by atoms with Gasteiger partial charge >= 0.3 is 0 Å². The molecule has 0 saturated carbocycles. The molecular weight excluding hydrogens is 246 g/mol. The molecule has 3 nitrogen and oxygen atoms in total. The molecule has 0 amide bonds. The highest BCUT2D eigenvalue weighted by atomic mass is 15.1. The van der Waals surface area contributed by atoms with Crippen LogP contribution in [-0.2, 0) is 0 Å². The molecule has 0 spiro atoms. The molecule has 20 heavy (non-hydrogen) atoms. The van der Waals surface area contributed by atoms with Gasteiger partial charge in [-0.3, -0.25) is 4.98 Å². The minimum atomic E-state index is 0.800. The smallest absolute Gasteiger partial charge is 0.0726 e. The standard InChI is InChI=1S/C17H23N3/c1-13-11-17(15-5-3-4-6-16(15)19-13)20(2)12-14-7-9-18-10-8-14/h3-6,11,14,18H,7-10,12H2,1-2H3. The molecule has 0 radical (unpaired) electrons. The molecule has 3 heteroatoms. The first-order valence-electron chi connectivity index (χ1n) is 7.52. The van der Waals surface area contributed by atoms with Crippen LogP contribution in [-0.4, -0.2) is 31.7 Å². The van der Waals surface area contributed by atoms with E-state index in [0.717, 1.165) is 36.8 Å². The number of benzene rings is 1. The van der Waals surface area contributed by atoms with Gasteiger partial charge in [-0.1, -0.05) is 18.2 Å². The number of rotatable bonds is 3. The Hall–Kier alpha value is -1.61. The number of aryl methyl sites for hydroxylation is 1. The summed E-state index contributed by atoms with van der Waals surface area (Å²) in [6.45, 7) is 5.53. The van der Waals surface area contributed by atoms with Crippen molar-refractivity contribution in [2.75, 3.05) is 31.6 Å². The molecule has 2 aromatic rings. The summed E-state index contributed by atoms with van der Waals surface area (Å²) < 4.78 is 0. The molecule has 0 unspecified atom stereocenters. The van der Waals surface area contributed by atoms with E-state index in [9.17, 15) is 0 Å². The van der Waals surface area contributed by atoms with Crippen molar-refractivity contribution in [2.24, 2.45) is 5.92 Å². The van der Waals surface area contributed by atoms with Crippen LogP contribution in [0.4, 0.5) is 5.69 Å². The van der Waals surface area contributed by atoms with E-state index in [2.05, 4.69) is 59.5 Å². The molecule has 1 aliphatic heterocycles. The number of para-hydroxylation sites is 1. The molecule has 1 aromatic heterocycles. The third kappa shape index (κ3) is 2.78. The Morgan fingerprint density at radius 1 is 1.25 bits per heavy atom. The van der Waals surface area contributed by atoms with Gasteiger partial charge in [0.15, 0.2) is 0 Å². The third-order valence-electron chi connectivity index (χ3n) is 4.22. The van der Waals surface area contributed by atoms with Crippen molar-refractivity contribution in [3.63, 3.8) is 0 Å². The third-order valence-corrected chi connectivity index (χ3v) is 4.22. The second-order valence-electron chi connectivity index (χ2n) is 5.87. The minimum absolute atomic E-state index is 0.800. The molecule has 1 aromatic carbocycles. The van der Waals surface area contributed by atoms with Crippen LogP contribution in [0.25, 0.3) is 10.9 Å². The van der Waals surface area contributed by atoms with E-state index in [0.29, 0.717) is 0 Å². The minimum Gasteiger partial charge on any atom is -0.374 e. The SMILES string of the molecule is Cc1cc(N(C)CC2CCNCC2)c2ccccc2n1. The van der Waals surface area contributed by atoms with Gasteiger partial charge < -0.3 is 10.2 Å². The summed E-state index contributed by atoms with van der Waals surface area (Å²) in [6.07, 6.45) is 2.57. The number of hydrogen-bond acceptors (Lipinski definition) is 3. The van der Waals surface area contributed by atoms with E-state index < -0.39 is 0 Å². The Bertz CT molecular complexity index is 588. The van der Waals surface area contributed by atoms with Crippen LogP contribution in [0.15, 0.2) is 30.3 Å². The largest absolute Gasteiger partial charge is 0.374 e. The molecule has 1 aliphatic rings. The van der Waals surface area contributed by atoms with Gasteiger partial charge in [0.1, 0.15) is 0 Å². The van der Waals surface area contributed by atoms with Crippen molar-refractivity contribution < 1.29 is 0 Å². The topological polar surface area (TPSA) is 28.2 Å². The van der Waals surface area contributed by atoms with Crippen molar-refractivity contribution in [3.05, 3.63) is 36.0 Å². The maximum Gasteiger partial charge on any atom is 0.0726 e. The monoisotopic (exact) mass is 269 g/mol. The number of nitrogens with zero attached hydrogens (tertiary/aromatic N) is 2. The fourth-order valence-corrected chi connectivity index (χ4v) is 3.15. The van der Waals surface area contributed by atoms with Crippen molar-refractivity contribution in [1.29, 1.82) is 0 Å². The summed E-state index contributed by atoms with van der Waals surface area (Å²) in [5.41, 5.74) is 3.50. The average molecular weight is 269 g/mol. The average Bonchev–Trinajstić information content (AvgIpc) is 2.47. The van der Waals surface area contributed by atoms with Crippen LogP contribution >= 0.6 is 0 Å². The van der Waals surface area contributed by atoms with Gasteiger partial charge in [-0.05, 0) is 50.9 Å². The van der Waals surface area contributed by atoms with Gasteiger partial charge in [-0.25, -0.2) is 0 Å². The number of hydrogen-bond donors (Lipinski definition) is 1. The Morgan fingerprint density at radius 3 is 2.80 bits per heavy atom. The Kier molecular flexibility index (Phi) is 3.88. The number of pyridine rings is 1. The highest BCUT2D eigenvalue weighted by molar-refractivity contribution is 5.91. The highest BCUT2D eigenvalue weighted by Crippen LogP contribution is 2.27. The van der Waals surface area contributed by atoms with E-state index in [-0.39, 0.29) is 0 Å². The Labute approximate surface area is 121 Å². The molecular formula is C17H23N3. The molecule has 1 N–H and O–H groups in total. The lowest BCUT2D eigenvalue weighted by atomic mass is 9.97. The summed E-state index contributed by atoms with van der Waals surface area (Å²) in [7, 11) is 2.21. The van der Waals surface area contributed by atoms with Gasteiger partial charge in [0.25, 0.3) is 0 Å². The second kappa shape index (κ2) is 5.80. The van der Waals surface area contributed by atoms with Gasteiger partial charge in [0.2, 0.25) is 0 Å². The first-order chi connectivity index (χ1) is 9.74. The lowest BCUT2D eigenvalue weighted by molar-refractivity contribution is 0.378. The van der Waals surface area contributed by atoms with Crippen molar-refractivity contribution in [1.82, 2.24) is 10.3 Å². The highest BCUT2D eigenvalue weighted by Gasteiger charge is 2.16. The van der Waals surface area contributed by atoms with Crippen molar-refractivity contribution >= 4 is 16.6 Å². The van der Waals surface area contributed by atoms with Gasteiger partial charge in [-0.15, -0.1) is 0 Å². The van der Waals surface area contributed by atoms with Crippen LogP contribution in [0.1, 0.15) is 18.5 Å². The molecule has 0 aliphatic carbocycles. The van der Waals surface area contributed by atoms with Crippen LogP contribution in [0.3, 0.4) is 0 Å². The molecule has 1 fully saturated rings. The van der Waals surface area contributed by atoms with Gasteiger partial charge in [0.05, 0.1) is 5.52 Å². The van der Waals surface area contributed by atoms with Crippen molar-refractivity contribution in [3.8, 4) is 0 Å². The number of nitrogens with one attached hydrogen (secondary N) is 1. The van der Waals surface area contributed by atoms with Crippen LogP contribution in [0, 0.1) is 12.8 Å². The van der Waals surface area contributed by atoms with E-state index in [4.69, 9.17) is 0 Å². The quantitative estimate of drug-likeness (QED) is 0.928. The van der Waals surface area contributed by atoms with E-state index in [1.807, 2.05) is 0 Å². The predicted octanol–water partition coefficient (Wildman–Crippen LogP) is 2.98. The van der Waals surface area contributed by atoms with Crippen LogP contribution < -0.4 is 10.2 Å². The summed E-state index contributed by atoms with van der Waals surface area (Å²) in [4.78, 5) is 7.04. The Morgan fingerprint density at radius 2 is 2.00 bits per heavy atom. The van der Waals surface area contributed by atoms with Crippen LogP contribution in [0.5, 0.6) is 0 Å². The van der Waals surface area contributed by atoms with E-state index >= 15 is 0 Å². The summed E-state index contributed by atoms with van der Waals surface area (Å²) in [5.74, 6) is 0.800. The number of anilines is 1. The first-order valence-corrected chi connectivity index (χ1v) is 7.52. The zero-order valence-electron chi connectivity index (χ0n) is 12.4. The van der Waals surface area contributed by atoms with Crippen molar-refractivity contribution in [2.45, 2.75) is 19.8 Å². The normalized spacial score (nSPS) is 16.5. The lowest BCUT2D eigenvalue weighted by Crippen LogP contribution is -2.34. The van der Waals surface area contributed by atoms with Gasteiger partial charge in [-0.2, -0.15) is 0 Å².